The highest BCUT2D eigenvalue weighted by atomic mass is 32.1. The van der Waals surface area contributed by atoms with Gasteiger partial charge in [0.2, 0.25) is 5.60 Å². The Labute approximate surface area is 169 Å². The molecule has 1 N–H and O–H groups in total. The van der Waals surface area contributed by atoms with Crippen molar-refractivity contribution in [3.63, 3.8) is 0 Å². The van der Waals surface area contributed by atoms with Crippen LogP contribution in [0, 0.1) is 0 Å². The van der Waals surface area contributed by atoms with Crippen LogP contribution in [0.25, 0.3) is 10.2 Å². The molecule has 0 spiro atoms. The summed E-state index contributed by atoms with van der Waals surface area (Å²) in [6.45, 7) is 2.93. The first-order chi connectivity index (χ1) is 13.7. The number of carbonyl (C=O) groups is 1. The second-order valence-electron chi connectivity index (χ2n) is 6.51. The van der Waals surface area contributed by atoms with Gasteiger partial charge in [-0.25, -0.2) is 9.78 Å². The summed E-state index contributed by atoms with van der Waals surface area (Å²) in [5.41, 5.74) is -2.84. The van der Waals surface area contributed by atoms with Crippen molar-refractivity contribution in [2.75, 3.05) is 32.9 Å². The van der Waals surface area contributed by atoms with Crippen LogP contribution in [0.3, 0.4) is 0 Å². The van der Waals surface area contributed by atoms with Crippen LogP contribution >= 0.6 is 11.3 Å². The highest BCUT2D eigenvalue weighted by molar-refractivity contribution is 7.18. The van der Waals surface area contributed by atoms with Gasteiger partial charge in [-0.05, 0) is 19.1 Å². The molecular weight excluding hydrogens is 409 g/mol. The second-order valence-corrected chi connectivity index (χ2v) is 7.54. The van der Waals surface area contributed by atoms with Crippen molar-refractivity contribution in [3.8, 4) is 0 Å². The number of halogens is 3. The van der Waals surface area contributed by atoms with Crippen LogP contribution in [0.2, 0.25) is 0 Å². The fourth-order valence-corrected chi connectivity index (χ4v) is 4.11. The fraction of sp³-hybridized carbons (Fsp3) is 0.474. The van der Waals surface area contributed by atoms with Crippen LogP contribution in [0.15, 0.2) is 36.0 Å². The predicted octanol–water partition coefficient (Wildman–Crippen LogP) is 3.22. The molecule has 1 aromatic heterocycles. The zero-order valence-electron chi connectivity index (χ0n) is 15.7. The molecule has 1 aromatic carbocycles. The van der Waals surface area contributed by atoms with Crippen molar-refractivity contribution in [2.24, 2.45) is 0 Å². The van der Waals surface area contributed by atoms with Gasteiger partial charge in [0.25, 0.3) is 0 Å². The summed E-state index contributed by atoms with van der Waals surface area (Å²) < 4.78 is 52.8. The molecule has 10 heteroatoms. The van der Waals surface area contributed by atoms with Crippen LogP contribution in [0.5, 0.6) is 0 Å². The first-order valence-electron chi connectivity index (χ1n) is 9.10. The number of rotatable bonds is 6. The van der Waals surface area contributed by atoms with E-state index in [1.165, 1.54) is 0 Å². The van der Waals surface area contributed by atoms with E-state index in [-0.39, 0.29) is 12.3 Å². The van der Waals surface area contributed by atoms with Crippen LogP contribution in [0.1, 0.15) is 18.4 Å². The normalized spacial score (nSPS) is 18.0. The smallest absolute Gasteiger partial charge is 0.424 e. The highest BCUT2D eigenvalue weighted by Crippen LogP contribution is 2.46. The zero-order chi connectivity index (χ0) is 21.1. The quantitative estimate of drug-likeness (QED) is 0.561. The number of fused-ring (bicyclic) bond motifs is 1. The lowest BCUT2D eigenvalue weighted by atomic mass is 9.96. The molecule has 1 fully saturated rings. The Morgan fingerprint density at radius 1 is 1.34 bits per heavy atom. The topological polar surface area (TPSA) is 71.9 Å². The lowest BCUT2D eigenvalue weighted by Gasteiger charge is -2.36. The highest BCUT2D eigenvalue weighted by Gasteiger charge is 2.57. The van der Waals surface area contributed by atoms with Gasteiger partial charge < -0.3 is 19.5 Å². The van der Waals surface area contributed by atoms with Crippen LogP contribution in [0.4, 0.5) is 13.2 Å². The molecule has 6 nitrogen and oxygen atoms in total. The average Bonchev–Trinajstić information content (AvgIpc) is 3.12. The first kappa shape index (κ1) is 21.5. The summed E-state index contributed by atoms with van der Waals surface area (Å²) in [6, 6.07) is 6.59. The Kier molecular flexibility index (Phi) is 6.45. The van der Waals surface area contributed by atoms with E-state index in [4.69, 9.17) is 9.47 Å². The van der Waals surface area contributed by atoms with Crippen molar-refractivity contribution >= 4 is 27.5 Å². The standard InChI is InChI=1S/C19H21F3N2O4S/c1-2-28-16(25)11-13(24-7-9-27-10-8-24)12-18(26,19(20,21)22)17-23-14-5-3-4-6-15(14)29-17/h3-6,11,26H,2,7-10,12H2,1H3. The lowest BCUT2D eigenvalue weighted by Crippen LogP contribution is -2.45. The Bertz CT molecular complexity index is 860. The third kappa shape index (κ3) is 4.71. The van der Waals surface area contributed by atoms with E-state index in [9.17, 15) is 23.1 Å². The van der Waals surface area contributed by atoms with E-state index >= 15 is 0 Å². The number of alkyl halides is 3. The van der Waals surface area contributed by atoms with Crippen molar-refractivity contribution in [3.05, 3.63) is 41.0 Å². The molecule has 158 valence electrons. The summed E-state index contributed by atoms with van der Waals surface area (Å²) in [7, 11) is 0. The number of benzene rings is 1. The molecule has 1 saturated heterocycles. The number of thiazole rings is 1. The maximum absolute atomic E-state index is 14.1. The van der Waals surface area contributed by atoms with Gasteiger partial charge in [0.05, 0.1) is 30.0 Å². The maximum atomic E-state index is 14.1. The Morgan fingerprint density at radius 3 is 2.66 bits per heavy atom. The number of esters is 1. The van der Waals surface area contributed by atoms with Crippen LogP contribution in [-0.4, -0.2) is 60.0 Å². The minimum absolute atomic E-state index is 0.0332. The number of ether oxygens (including phenoxy) is 2. The molecule has 3 rings (SSSR count). The summed E-state index contributed by atoms with van der Waals surface area (Å²) in [6.07, 6.45) is -4.84. The maximum Gasteiger partial charge on any atom is 0.424 e. The van der Waals surface area contributed by atoms with Gasteiger partial charge in [-0.15, -0.1) is 11.3 Å². The summed E-state index contributed by atoms with van der Waals surface area (Å²) >= 11 is 0.781. The molecule has 1 aliphatic rings. The third-order valence-electron chi connectivity index (χ3n) is 4.54. The van der Waals surface area contributed by atoms with Crippen molar-refractivity contribution in [2.45, 2.75) is 25.1 Å². The SMILES string of the molecule is CCOC(=O)C=C(CC(O)(c1nc2ccccc2s1)C(F)(F)F)N1CCOCC1. The molecule has 0 saturated carbocycles. The largest absolute Gasteiger partial charge is 0.463 e. The number of nitrogens with zero attached hydrogens (tertiary/aromatic N) is 2. The fourth-order valence-electron chi connectivity index (χ4n) is 3.03. The molecule has 2 aromatic rings. The van der Waals surface area contributed by atoms with E-state index in [2.05, 4.69) is 4.98 Å². The van der Waals surface area contributed by atoms with Gasteiger partial charge in [0.1, 0.15) is 5.01 Å². The van der Waals surface area contributed by atoms with Gasteiger partial charge in [-0.1, -0.05) is 12.1 Å². The van der Waals surface area contributed by atoms with Gasteiger partial charge in [-0.3, -0.25) is 0 Å². The Hall–Kier alpha value is -2.17. The Morgan fingerprint density at radius 2 is 2.03 bits per heavy atom. The van der Waals surface area contributed by atoms with Gasteiger partial charge in [0, 0.05) is 31.3 Å². The number of aromatic nitrogens is 1. The molecule has 0 bridgehead atoms. The molecule has 29 heavy (non-hydrogen) atoms. The summed E-state index contributed by atoms with van der Waals surface area (Å²) in [5, 5.41) is 10.4. The lowest BCUT2D eigenvalue weighted by molar-refractivity contribution is -0.267. The molecule has 1 aliphatic heterocycles. The second kappa shape index (κ2) is 8.68. The van der Waals surface area contributed by atoms with Gasteiger partial charge >= 0.3 is 12.1 Å². The molecule has 2 heterocycles. The molecule has 0 amide bonds. The van der Waals surface area contributed by atoms with Gasteiger partial charge in [0.15, 0.2) is 0 Å². The zero-order valence-corrected chi connectivity index (χ0v) is 16.6. The minimum Gasteiger partial charge on any atom is -0.463 e. The van der Waals surface area contributed by atoms with E-state index in [0.717, 1.165) is 17.4 Å². The Balaban J connectivity index is 2.02. The number of carbonyl (C=O) groups excluding carboxylic acids is 1. The number of aliphatic hydroxyl groups is 1. The van der Waals surface area contributed by atoms with Crippen molar-refractivity contribution in [1.29, 1.82) is 0 Å². The number of morpholine rings is 1. The van der Waals surface area contributed by atoms with Crippen molar-refractivity contribution < 1.29 is 32.5 Å². The van der Waals surface area contributed by atoms with Crippen LogP contribution in [-0.2, 0) is 19.9 Å². The third-order valence-corrected chi connectivity index (χ3v) is 5.73. The molecule has 0 radical (unpaired) electrons. The van der Waals surface area contributed by atoms with Crippen molar-refractivity contribution in [1.82, 2.24) is 9.88 Å². The van der Waals surface area contributed by atoms with E-state index < -0.39 is 29.2 Å². The molecule has 1 atom stereocenters. The summed E-state index contributed by atoms with van der Waals surface area (Å²) in [5.74, 6) is -0.761. The predicted molar refractivity (Wildman–Crippen MR) is 101 cm³/mol. The molecule has 1 unspecified atom stereocenters. The van der Waals surface area contributed by atoms with E-state index in [0.29, 0.717) is 36.5 Å². The van der Waals surface area contributed by atoms with Crippen LogP contribution < -0.4 is 0 Å². The molecule has 0 aliphatic carbocycles. The van der Waals surface area contributed by atoms with Gasteiger partial charge in [-0.2, -0.15) is 13.2 Å². The first-order valence-corrected chi connectivity index (χ1v) is 9.91. The summed E-state index contributed by atoms with van der Waals surface area (Å²) in [4.78, 5) is 17.6. The monoisotopic (exact) mass is 430 g/mol. The molecular formula is C19H21F3N2O4S. The average molecular weight is 430 g/mol. The number of para-hydroxylation sites is 1. The van der Waals surface area contributed by atoms with E-state index in [1.54, 1.807) is 36.1 Å². The number of hydrogen-bond donors (Lipinski definition) is 1. The minimum atomic E-state index is -5.00. The van der Waals surface area contributed by atoms with E-state index in [1.807, 2.05) is 0 Å². The number of hydrogen-bond acceptors (Lipinski definition) is 7.